The van der Waals surface area contributed by atoms with Crippen LogP contribution in [0.15, 0.2) is 24.3 Å². The Hall–Kier alpha value is -6.10. The molecule has 7 amide bonds. The van der Waals surface area contributed by atoms with E-state index in [4.69, 9.17) is 25.5 Å². The molecular formula is C35H64N8O18S2. The maximum Gasteiger partial charge on any atom is 0.328 e. The van der Waals surface area contributed by atoms with Crippen molar-refractivity contribution < 1.29 is 88.5 Å². The minimum atomic E-state index is -1.13. The Kier molecular flexibility index (Phi) is 49.8. The SMILES string of the molecule is C.CN1C(=O)C=CC1=O.CNC(=O)/C=C\C(=O)O.CNC(=O)C(CC(=O)O)NC.CNC(=O)C(CC(=O)O)SC.CNC(=O)CC(NC)C(=O)O.CNC(=O)CC(SC)C(=O)O.O. The molecule has 0 saturated heterocycles. The normalized spacial score (nSPS) is 12.2. The van der Waals surface area contributed by atoms with Crippen LogP contribution in [0.25, 0.3) is 0 Å². The van der Waals surface area contributed by atoms with Crippen LogP contribution in [0.2, 0.25) is 0 Å². The lowest BCUT2D eigenvalue weighted by atomic mass is 10.2. The lowest BCUT2D eigenvalue weighted by molar-refractivity contribution is -0.141. The fourth-order valence-corrected chi connectivity index (χ4v) is 4.29. The summed E-state index contributed by atoms with van der Waals surface area (Å²) in [5.41, 5.74) is 0. The van der Waals surface area contributed by atoms with Crippen LogP contribution in [0.1, 0.15) is 33.1 Å². The summed E-state index contributed by atoms with van der Waals surface area (Å²) >= 11 is 2.40. The molecule has 1 aliphatic rings. The van der Waals surface area contributed by atoms with E-state index >= 15 is 0 Å². The molecule has 0 bridgehead atoms. The Morgan fingerprint density at radius 3 is 1.24 bits per heavy atom. The summed E-state index contributed by atoms with van der Waals surface area (Å²) < 4.78 is 0. The quantitative estimate of drug-likeness (QED) is 0.0463. The lowest BCUT2D eigenvalue weighted by Crippen LogP contribution is -2.42. The third-order valence-corrected chi connectivity index (χ3v) is 8.54. The van der Waals surface area contributed by atoms with Crippen molar-refractivity contribution in [2.75, 3.05) is 68.9 Å². The summed E-state index contributed by atoms with van der Waals surface area (Å²) in [5.74, 6) is -7.01. The van der Waals surface area contributed by atoms with Crippen molar-refractivity contribution in [3.05, 3.63) is 24.3 Å². The van der Waals surface area contributed by atoms with Gasteiger partial charge in [0.1, 0.15) is 11.3 Å². The molecule has 0 aliphatic carbocycles. The predicted octanol–water partition coefficient (Wildman–Crippen LogP) is -3.81. The third kappa shape index (κ3) is 42.4. The van der Waals surface area contributed by atoms with Gasteiger partial charge in [0.15, 0.2) is 0 Å². The van der Waals surface area contributed by atoms with E-state index in [0.717, 1.165) is 28.8 Å². The molecular weight excluding hydrogens is 885 g/mol. The van der Waals surface area contributed by atoms with E-state index in [1.807, 2.05) is 0 Å². The molecule has 0 fully saturated rings. The van der Waals surface area contributed by atoms with Crippen molar-refractivity contribution in [2.24, 2.45) is 0 Å². The molecule has 0 radical (unpaired) electrons. The summed E-state index contributed by atoms with van der Waals surface area (Å²) in [6.07, 6.45) is 7.28. The minimum Gasteiger partial charge on any atom is -0.481 e. The van der Waals surface area contributed by atoms with Gasteiger partial charge in [-0.2, -0.15) is 11.8 Å². The zero-order valence-electron chi connectivity index (χ0n) is 35.8. The number of carboxylic acids is 5. The molecule has 4 atom stereocenters. The second kappa shape index (κ2) is 44.0. The highest BCUT2D eigenvalue weighted by molar-refractivity contribution is 8.00. The van der Waals surface area contributed by atoms with Crippen LogP contribution >= 0.6 is 23.5 Å². The van der Waals surface area contributed by atoms with Gasteiger partial charge in [-0.1, -0.05) is 7.43 Å². The zero-order chi connectivity index (χ0) is 48.8. The summed E-state index contributed by atoms with van der Waals surface area (Å²) in [7, 11) is 11.8. The van der Waals surface area contributed by atoms with Crippen LogP contribution in [0, 0.1) is 0 Å². The topological polar surface area (TPSA) is 425 Å². The van der Waals surface area contributed by atoms with Gasteiger partial charge in [0, 0.05) is 73.0 Å². The number of thioether (sulfide) groups is 2. The molecule has 26 nitrogen and oxygen atoms in total. The number of aliphatic carboxylic acids is 5. The van der Waals surface area contributed by atoms with E-state index in [2.05, 4.69) is 37.2 Å². The molecule has 0 aromatic carbocycles. The number of carboxylic acid groups (broad SMARTS) is 5. The Morgan fingerprint density at radius 2 is 0.984 bits per heavy atom. The molecule has 1 aliphatic heterocycles. The van der Waals surface area contributed by atoms with Crippen LogP contribution in [-0.2, 0) is 57.5 Å². The fourth-order valence-electron chi connectivity index (χ4n) is 3.12. The van der Waals surface area contributed by atoms with Crippen molar-refractivity contribution in [3.63, 3.8) is 0 Å². The fraction of sp³-hybridized carbons (Fsp3) is 0.543. The average molecular weight is 949 g/mol. The lowest BCUT2D eigenvalue weighted by Gasteiger charge is -2.10. The van der Waals surface area contributed by atoms with Crippen molar-refractivity contribution in [3.8, 4) is 0 Å². The van der Waals surface area contributed by atoms with Gasteiger partial charge in [-0.25, -0.2) is 4.79 Å². The highest BCUT2D eigenvalue weighted by atomic mass is 32.2. The van der Waals surface area contributed by atoms with Crippen LogP contribution in [0.4, 0.5) is 0 Å². The van der Waals surface area contributed by atoms with Gasteiger partial charge in [-0.3, -0.25) is 57.6 Å². The summed E-state index contributed by atoms with van der Waals surface area (Å²) in [5, 5.41) is 57.4. The van der Waals surface area contributed by atoms with Crippen LogP contribution in [0.3, 0.4) is 0 Å². The number of carbonyl (C=O) groups excluding carboxylic acids is 7. The Bertz CT molecular complexity index is 1440. The number of hydrogen-bond acceptors (Lipinski definition) is 16. The van der Waals surface area contributed by atoms with Gasteiger partial charge >= 0.3 is 29.8 Å². The number of carbonyl (C=O) groups is 12. The van der Waals surface area contributed by atoms with Gasteiger partial charge in [0.25, 0.3) is 11.8 Å². The van der Waals surface area contributed by atoms with Crippen molar-refractivity contribution in [1.82, 2.24) is 42.1 Å². The van der Waals surface area contributed by atoms with Crippen LogP contribution < -0.4 is 37.2 Å². The summed E-state index contributed by atoms with van der Waals surface area (Å²) in [4.78, 5) is 126. The van der Waals surface area contributed by atoms with Gasteiger partial charge in [0.2, 0.25) is 29.5 Å². The first-order chi connectivity index (χ1) is 28.3. The van der Waals surface area contributed by atoms with E-state index in [-0.39, 0.29) is 74.0 Å². The van der Waals surface area contributed by atoms with E-state index in [9.17, 15) is 57.5 Å². The second-order valence-corrected chi connectivity index (χ2v) is 12.9. The number of imide groups is 1. The number of nitrogens with one attached hydrogen (secondary N) is 7. The molecule has 364 valence electrons. The van der Waals surface area contributed by atoms with Gasteiger partial charge in [-0.05, 0) is 26.6 Å². The van der Waals surface area contributed by atoms with Gasteiger partial charge in [0.05, 0.1) is 30.6 Å². The van der Waals surface area contributed by atoms with Crippen LogP contribution in [-0.4, -0.2) is 199 Å². The third-order valence-electron chi connectivity index (χ3n) is 6.65. The molecule has 0 spiro atoms. The van der Waals surface area contributed by atoms with Crippen molar-refractivity contribution in [2.45, 2.75) is 55.7 Å². The molecule has 63 heavy (non-hydrogen) atoms. The average Bonchev–Trinajstić information content (AvgIpc) is 3.52. The molecule has 1 rings (SSSR count). The van der Waals surface area contributed by atoms with E-state index in [1.54, 1.807) is 19.6 Å². The molecule has 4 unspecified atom stereocenters. The predicted molar refractivity (Wildman–Crippen MR) is 234 cm³/mol. The molecule has 0 saturated carbocycles. The summed E-state index contributed by atoms with van der Waals surface area (Å²) in [6.45, 7) is 0. The number of likely N-dealkylation sites (N-methyl/N-ethyl adjacent to an activating group) is 5. The Balaban J connectivity index is -0.000000119. The van der Waals surface area contributed by atoms with Gasteiger partial charge in [-0.15, -0.1) is 11.8 Å². The smallest absolute Gasteiger partial charge is 0.328 e. The van der Waals surface area contributed by atoms with Crippen LogP contribution in [0.5, 0.6) is 0 Å². The highest BCUT2D eigenvalue weighted by Gasteiger charge is 2.21. The van der Waals surface area contributed by atoms with E-state index in [0.29, 0.717) is 0 Å². The molecule has 28 heteroatoms. The van der Waals surface area contributed by atoms with E-state index in [1.165, 1.54) is 73.2 Å². The molecule has 1 heterocycles. The zero-order valence-corrected chi connectivity index (χ0v) is 37.5. The number of nitrogens with zero attached hydrogens (tertiary/aromatic N) is 1. The van der Waals surface area contributed by atoms with Crippen molar-refractivity contribution in [1.29, 1.82) is 0 Å². The Morgan fingerprint density at radius 1 is 0.571 bits per heavy atom. The van der Waals surface area contributed by atoms with E-state index < -0.39 is 58.3 Å². The standard InChI is InChI=1S/2C6H12N2O3.2C6H11NO3S.C5H7NO3.C5H5NO2.CH4.H2O/c1-7-4(3-5(9)10)6(11)8-2;1-7-4(6(10)11)3-5(9)8-2;1-7-6(10)4(11-2)3-5(8)9;1-7-5(8)3-4(11-2)6(9)10;1-6-4(7)2-3-5(8)9;1-6-4(7)2-3-5(6)8;;/h4,7H,3H2,1-2H3,(H,8,11)(H,9,10);4,7H,3H2,1-2H3,(H,8,9)(H,10,11);4H,3H2,1-2H3,(H,7,10)(H,8,9);4H,3H2,1-2H3,(H,7,8)(H,9,10);2-3H,1H3,(H,6,7)(H,8,9);2-3H,1H3;1H4;1H2/b;;;;3-2-;;;. The number of rotatable bonds is 18. The largest absolute Gasteiger partial charge is 0.481 e. The maximum atomic E-state index is 10.9. The van der Waals surface area contributed by atoms with Crippen molar-refractivity contribution >= 4 is 94.7 Å². The number of hydrogen-bond donors (Lipinski definition) is 12. The number of amides is 7. The second-order valence-electron chi connectivity index (χ2n) is 10.8. The Labute approximate surface area is 373 Å². The minimum absolute atomic E-state index is 0. The highest BCUT2D eigenvalue weighted by Crippen LogP contribution is 2.11. The maximum absolute atomic E-state index is 10.9. The monoisotopic (exact) mass is 948 g/mol. The first kappa shape index (κ1) is 71.4. The molecule has 0 aromatic rings. The molecule has 14 N–H and O–H groups in total. The first-order valence-corrected chi connectivity index (χ1v) is 19.7. The first-order valence-electron chi connectivity index (χ1n) is 17.1. The van der Waals surface area contributed by atoms with Gasteiger partial charge < -0.3 is 68.2 Å². The molecule has 0 aromatic heterocycles. The summed E-state index contributed by atoms with van der Waals surface area (Å²) in [6, 6.07) is -1.44.